The second-order valence-corrected chi connectivity index (χ2v) is 6.09. The predicted octanol–water partition coefficient (Wildman–Crippen LogP) is 1.02. The van der Waals surface area contributed by atoms with Gasteiger partial charge >= 0.3 is 5.97 Å². The van der Waals surface area contributed by atoms with Gasteiger partial charge in [-0.3, -0.25) is 14.4 Å². The molecule has 0 spiro atoms. The van der Waals surface area contributed by atoms with Crippen molar-refractivity contribution in [1.82, 2.24) is 10.6 Å². The zero-order valence-electron chi connectivity index (χ0n) is 15.3. The molecule has 140 valence electrons. The van der Waals surface area contributed by atoms with E-state index in [-0.39, 0.29) is 12.5 Å². The molecule has 26 heavy (non-hydrogen) atoms. The Balaban J connectivity index is 2.44. The molecule has 2 N–H and O–H groups in total. The fourth-order valence-electron chi connectivity index (χ4n) is 1.84. The van der Waals surface area contributed by atoms with Gasteiger partial charge in [-0.1, -0.05) is 19.9 Å². The molecular formula is C18H23N3O5. The molecule has 1 aromatic rings. The number of ether oxygens (including phenoxy) is 2. The number of methoxy groups -OCH3 is 1. The molecule has 1 rings (SSSR count). The van der Waals surface area contributed by atoms with Crippen LogP contribution in [0.3, 0.4) is 0 Å². The Morgan fingerprint density at radius 2 is 2.00 bits per heavy atom. The van der Waals surface area contributed by atoms with Crippen LogP contribution in [-0.4, -0.2) is 43.6 Å². The molecule has 2 amide bonds. The minimum absolute atomic E-state index is 0.116. The van der Waals surface area contributed by atoms with Crippen LogP contribution in [0.5, 0.6) is 5.75 Å². The van der Waals surface area contributed by atoms with Gasteiger partial charge < -0.3 is 20.1 Å². The predicted molar refractivity (Wildman–Crippen MR) is 93.3 cm³/mol. The summed E-state index contributed by atoms with van der Waals surface area (Å²) in [7, 11) is 1.48. The van der Waals surface area contributed by atoms with Crippen LogP contribution in [0.2, 0.25) is 0 Å². The van der Waals surface area contributed by atoms with Crippen molar-refractivity contribution in [1.29, 1.82) is 5.26 Å². The van der Waals surface area contributed by atoms with Crippen LogP contribution in [0.25, 0.3) is 0 Å². The van der Waals surface area contributed by atoms with Crippen molar-refractivity contribution < 1.29 is 23.9 Å². The van der Waals surface area contributed by atoms with Crippen LogP contribution < -0.4 is 15.4 Å². The standard InChI is InChI=1S/C18H23N3O5/c1-12(2)18(3,11-19)21-15(22)10-26-16(23)9-20-17(24)13-6-5-7-14(8-13)25-4/h5-8,12H,9-10H2,1-4H3,(H,20,24)(H,21,22)/t18-/m0/s1. The molecule has 8 heteroatoms. The minimum Gasteiger partial charge on any atom is -0.497 e. The molecule has 0 bridgehead atoms. The molecule has 0 aliphatic heterocycles. The van der Waals surface area contributed by atoms with Crippen molar-refractivity contribution in [3.05, 3.63) is 29.8 Å². The van der Waals surface area contributed by atoms with Gasteiger partial charge in [0.2, 0.25) is 0 Å². The van der Waals surface area contributed by atoms with Gasteiger partial charge in [-0.2, -0.15) is 5.26 Å². The fourth-order valence-corrected chi connectivity index (χ4v) is 1.84. The lowest BCUT2D eigenvalue weighted by molar-refractivity contribution is -0.147. The molecule has 8 nitrogen and oxygen atoms in total. The zero-order chi connectivity index (χ0) is 19.7. The van der Waals surface area contributed by atoms with Crippen molar-refractivity contribution in [2.24, 2.45) is 5.92 Å². The van der Waals surface area contributed by atoms with E-state index in [4.69, 9.17) is 14.7 Å². The third-order valence-electron chi connectivity index (χ3n) is 3.88. The number of hydrogen-bond donors (Lipinski definition) is 2. The van der Waals surface area contributed by atoms with E-state index >= 15 is 0 Å². The number of nitriles is 1. The summed E-state index contributed by atoms with van der Waals surface area (Å²) in [5.74, 6) is -1.42. The van der Waals surface area contributed by atoms with Gasteiger partial charge in [0.05, 0.1) is 13.2 Å². The highest BCUT2D eigenvalue weighted by molar-refractivity contribution is 5.96. The summed E-state index contributed by atoms with van der Waals surface area (Å²) in [4.78, 5) is 35.5. The van der Waals surface area contributed by atoms with Crippen LogP contribution in [0.4, 0.5) is 0 Å². The van der Waals surface area contributed by atoms with Crippen molar-refractivity contribution in [2.45, 2.75) is 26.3 Å². The molecule has 0 unspecified atom stereocenters. The Morgan fingerprint density at radius 3 is 2.58 bits per heavy atom. The summed E-state index contributed by atoms with van der Waals surface area (Å²) in [6.45, 7) is 4.26. The number of rotatable bonds is 8. The number of carbonyl (C=O) groups excluding carboxylic acids is 3. The van der Waals surface area contributed by atoms with Crippen LogP contribution in [0.15, 0.2) is 24.3 Å². The molecule has 1 atom stereocenters. The highest BCUT2D eigenvalue weighted by atomic mass is 16.5. The maximum absolute atomic E-state index is 12.0. The van der Waals surface area contributed by atoms with Gasteiger partial charge in [0.25, 0.3) is 11.8 Å². The van der Waals surface area contributed by atoms with Crippen LogP contribution in [0.1, 0.15) is 31.1 Å². The van der Waals surface area contributed by atoms with E-state index in [1.165, 1.54) is 13.2 Å². The van der Waals surface area contributed by atoms with Gasteiger partial charge in [-0.05, 0) is 31.0 Å². The second-order valence-electron chi connectivity index (χ2n) is 6.09. The normalized spacial score (nSPS) is 12.5. The first kappa shape index (κ1) is 21.0. The van der Waals surface area contributed by atoms with E-state index in [0.29, 0.717) is 11.3 Å². The van der Waals surface area contributed by atoms with Crippen molar-refractivity contribution in [2.75, 3.05) is 20.3 Å². The fraction of sp³-hybridized carbons (Fsp3) is 0.444. The van der Waals surface area contributed by atoms with E-state index in [1.54, 1.807) is 39.0 Å². The molecule has 0 aliphatic carbocycles. The summed E-state index contributed by atoms with van der Waals surface area (Å²) in [6.07, 6.45) is 0. The van der Waals surface area contributed by atoms with Gasteiger partial charge in [0.15, 0.2) is 6.61 Å². The Bertz CT molecular complexity index is 711. The summed E-state index contributed by atoms with van der Waals surface area (Å²) in [6, 6.07) is 8.47. The maximum atomic E-state index is 12.0. The average Bonchev–Trinajstić information content (AvgIpc) is 2.64. The number of esters is 1. The first-order valence-corrected chi connectivity index (χ1v) is 8.02. The lowest BCUT2D eigenvalue weighted by Gasteiger charge is -2.27. The SMILES string of the molecule is COc1cccc(C(=O)NCC(=O)OCC(=O)N[C@@](C)(C#N)C(C)C)c1. The average molecular weight is 361 g/mol. The lowest BCUT2D eigenvalue weighted by Crippen LogP contribution is -2.50. The Kier molecular flexibility index (Phi) is 7.59. The molecule has 0 saturated carbocycles. The number of nitrogens with one attached hydrogen (secondary N) is 2. The molecule has 0 aliphatic rings. The van der Waals surface area contributed by atoms with Gasteiger partial charge in [0, 0.05) is 5.56 Å². The largest absolute Gasteiger partial charge is 0.497 e. The van der Waals surface area contributed by atoms with Gasteiger partial charge in [-0.25, -0.2) is 0 Å². The molecule has 1 aromatic carbocycles. The smallest absolute Gasteiger partial charge is 0.325 e. The molecule has 0 heterocycles. The third kappa shape index (κ3) is 6.09. The van der Waals surface area contributed by atoms with E-state index in [9.17, 15) is 14.4 Å². The van der Waals surface area contributed by atoms with Crippen LogP contribution >= 0.6 is 0 Å². The van der Waals surface area contributed by atoms with E-state index in [1.807, 2.05) is 6.07 Å². The summed E-state index contributed by atoms with van der Waals surface area (Å²) in [5.41, 5.74) is -0.721. The Hall–Kier alpha value is -3.08. The number of carbonyl (C=O) groups is 3. The highest BCUT2D eigenvalue weighted by Gasteiger charge is 2.30. The number of hydrogen-bond acceptors (Lipinski definition) is 6. The quantitative estimate of drug-likeness (QED) is 0.668. The third-order valence-corrected chi connectivity index (χ3v) is 3.88. The Morgan fingerprint density at radius 1 is 1.31 bits per heavy atom. The number of amides is 2. The molecule has 0 saturated heterocycles. The van der Waals surface area contributed by atoms with Gasteiger partial charge in [0.1, 0.15) is 17.8 Å². The highest BCUT2D eigenvalue weighted by Crippen LogP contribution is 2.15. The molecular weight excluding hydrogens is 338 g/mol. The topological polar surface area (TPSA) is 118 Å². The maximum Gasteiger partial charge on any atom is 0.325 e. The number of benzene rings is 1. The van der Waals surface area contributed by atoms with Crippen molar-refractivity contribution in [3.63, 3.8) is 0 Å². The summed E-state index contributed by atoms with van der Waals surface area (Å²) < 4.78 is 9.83. The molecule has 0 aromatic heterocycles. The minimum atomic E-state index is -1.05. The van der Waals surface area contributed by atoms with E-state index in [0.717, 1.165) is 0 Å². The molecule has 0 radical (unpaired) electrons. The molecule has 0 fully saturated rings. The lowest BCUT2D eigenvalue weighted by atomic mass is 9.90. The summed E-state index contributed by atoms with van der Waals surface area (Å²) >= 11 is 0. The van der Waals surface area contributed by atoms with Gasteiger partial charge in [-0.15, -0.1) is 0 Å². The van der Waals surface area contributed by atoms with Crippen LogP contribution in [0, 0.1) is 17.2 Å². The first-order valence-electron chi connectivity index (χ1n) is 8.02. The van der Waals surface area contributed by atoms with E-state index in [2.05, 4.69) is 10.6 Å². The van der Waals surface area contributed by atoms with Crippen molar-refractivity contribution in [3.8, 4) is 11.8 Å². The zero-order valence-corrected chi connectivity index (χ0v) is 15.3. The monoisotopic (exact) mass is 361 g/mol. The number of nitrogens with zero attached hydrogens (tertiary/aromatic N) is 1. The summed E-state index contributed by atoms with van der Waals surface area (Å²) in [5, 5.41) is 14.1. The first-order chi connectivity index (χ1) is 12.2. The van der Waals surface area contributed by atoms with E-state index < -0.39 is 29.9 Å². The Labute approximate surface area is 152 Å². The second kappa shape index (κ2) is 9.42. The van der Waals surface area contributed by atoms with Crippen LogP contribution in [-0.2, 0) is 14.3 Å². The van der Waals surface area contributed by atoms with Crippen molar-refractivity contribution >= 4 is 17.8 Å².